The second kappa shape index (κ2) is 8.51. The molecular weight excluding hydrogens is 411 g/mol. The number of nitro benzene ring substituents is 1. The minimum absolute atomic E-state index is 0.0337. The zero-order valence-electron chi connectivity index (χ0n) is 13.6. The normalized spacial score (nSPS) is 18.2. The second-order valence-electron chi connectivity index (χ2n) is 5.51. The fourth-order valence-electron chi connectivity index (χ4n) is 2.36. The van der Waals surface area contributed by atoms with E-state index in [2.05, 4.69) is 15.5 Å². The lowest BCUT2D eigenvalue weighted by atomic mass is 10.1. The number of hydrogen-bond donors (Lipinski definition) is 1. The van der Waals surface area contributed by atoms with Crippen LogP contribution in [0.15, 0.2) is 52.7 Å². The van der Waals surface area contributed by atoms with E-state index < -0.39 is 10.2 Å². The number of benzene rings is 2. The summed E-state index contributed by atoms with van der Waals surface area (Å²) in [6.07, 6.45) is 1.79. The lowest BCUT2D eigenvalue weighted by Crippen LogP contribution is -2.26. The van der Waals surface area contributed by atoms with Gasteiger partial charge in [0.25, 0.3) is 5.69 Å². The fourth-order valence-corrected chi connectivity index (χ4v) is 3.71. The van der Waals surface area contributed by atoms with Gasteiger partial charge in [0.05, 0.1) is 26.4 Å². The lowest BCUT2D eigenvalue weighted by molar-refractivity contribution is -0.384. The molecule has 3 rings (SSSR count). The molecule has 1 heterocycles. The zero-order valence-corrected chi connectivity index (χ0v) is 16.0. The topological polar surface area (TPSA) is 97.0 Å². The Hall–Kier alpha value is -2.42. The number of nitrogens with one attached hydrogen (secondary N) is 1. The molecule has 0 saturated carbocycles. The van der Waals surface area contributed by atoms with Gasteiger partial charge in [0.2, 0.25) is 5.91 Å². The van der Waals surface area contributed by atoms with Crippen LogP contribution in [0.3, 0.4) is 0 Å². The van der Waals surface area contributed by atoms with E-state index in [9.17, 15) is 14.9 Å². The molecule has 0 spiro atoms. The predicted molar refractivity (Wildman–Crippen MR) is 108 cm³/mol. The Balaban J connectivity index is 1.67. The molecular formula is C17H12Cl2N4O3S. The van der Waals surface area contributed by atoms with E-state index in [1.807, 2.05) is 6.07 Å². The first kappa shape index (κ1) is 19.3. The van der Waals surface area contributed by atoms with E-state index in [1.165, 1.54) is 30.1 Å². The van der Waals surface area contributed by atoms with Gasteiger partial charge in [-0.25, -0.2) is 0 Å². The van der Waals surface area contributed by atoms with Crippen LogP contribution < -0.4 is 5.32 Å². The Bertz CT molecular complexity index is 965. The first-order chi connectivity index (χ1) is 12.9. The van der Waals surface area contributed by atoms with Crippen LogP contribution in [0.5, 0.6) is 0 Å². The SMILES string of the molecule is O=C1N/C(=N/N=C\c2cccc([N+](=O)[O-])c2)SC1Cc1cccc(Cl)c1Cl. The van der Waals surface area contributed by atoms with Gasteiger partial charge >= 0.3 is 0 Å². The van der Waals surface area contributed by atoms with Crippen molar-refractivity contribution in [1.29, 1.82) is 0 Å². The molecule has 1 unspecified atom stereocenters. The van der Waals surface area contributed by atoms with Crippen molar-refractivity contribution < 1.29 is 9.72 Å². The van der Waals surface area contributed by atoms with Crippen molar-refractivity contribution in [3.8, 4) is 0 Å². The van der Waals surface area contributed by atoms with Crippen LogP contribution in [-0.4, -0.2) is 27.5 Å². The summed E-state index contributed by atoms with van der Waals surface area (Å²) in [4.78, 5) is 22.4. The molecule has 2 aromatic rings. The standard InChI is InChI=1S/C17H12Cl2N4O3S/c18-13-6-2-4-11(15(13)19)8-14-16(24)21-17(27-14)22-20-9-10-3-1-5-12(7-10)23(25)26/h1-7,9,14H,8H2,(H,21,22,24)/b20-9-. The summed E-state index contributed by atoms with van der Waals surface area (Å²) in [5.41, 5.74) is 1.27. The Morgan fingerprint density at radius 3 is 2.81 bits per heavy atom. The summed E-state index contributed by atoms with van der Waals surface area (Å²) in [5.74, 6) is -0.194. The minimum Gasteiger partial charge on any atom is -0.303 e. The Labute approximate surface area is 168 Å². The van der Waals surface area contributed by atoms with Gasteiger partial charge in [-0.2, -0.15) is 5.10 Å². The molecule has 0 bridgehead atoms. The van der Waals surface area contributed by atoms with E-state index in [-0.39, 0.29) is 11.6 Å². The van der Waals surface area contributed by atoms with Crippen molar-refractivity contribution in [2.45, 2.75) is 11.7 Å². The summed E-state index contributed by atoms with van der Waals surface area (Å²) in [6.45, 7) is 0. The van der Waals surface area contributed by atoms with Gasteiger partial charge in [-0.3, -0.25) is 14.9 Å². The molecule has 7 nitrogen and oxygen atoms in total. The summed E-state index contributed by atoms with van der Waals surface area (Å²) < 4.78 is 0. The minimum atomic E-state index is -0.484. The molecule has 138 valence electrons. The molecule has 10 heteroatoms. The third-order valence-electron chi connectivity index (χ3n) is 3.65. The number of halogens is 2. The number of rotatable bonds is 5. The molecule has 1 atom stereocenters. The summed E-state index contributed by atoms with van der Waals surface area (Å²) in [6, 6.07) is 11.3. The van der Waals surface area contributed by atoms with E-state index in [0.717, 1.165) is 5.56 Å². The second-order valence-corrected chi connectivity index (χ2v) is 7.49. The summed E-state index contributed by atoms with van der Waals surface area (Å²) in [7, 11) is 0. The lowest BCUT2D eigenvalue weighted by Gasteiger charge is -2.08. The number of carbonyl (C=O) groups is 1. The molecule has 1 amide bonds. The number of thioether (sulfide) groups is 1. The number of hydrogen-bond acceptors (Lipinski definition) is 6. The number of carbonyl (C=O) groups excluding carboxylic acids is 1. The first-order valence-corrected chi connectivity index (χ1v) is 9.33. The fraction of sp³-hybridized carbons (Fsp3) is 0.118. The average Bonchev–Trinajstić information content (AvgIpc) is 2.98. The maximum Gasteiger partial charge on any atom is 0.270 e. The Morgan fingerprint density at radius 1 is 1.26 bits per heavy atom. The molecule has 27 heavy (non-hydrogen) atoms. The largest absolute Gasteiger partial charge is 0.303 e. The number of nitro groups is 1. The molecule has 1 N–H and O–H groups in total. The van der Waals surface area contributed by atoms with Gasteiger partial charge in [0.1, 0.15) is 0 Å². The molecule has 0 aliphatic carbocycles. The van der Waals surface area contributed by atoms with Crippen molar-refractivity contribution in [2.24, 2.45) is 10.2 Å². The van der Waals surface area contributed by atoms with Crippen molar-refractivity contribution in [2.75, 3.05) is 0 Å². The summed E-state index contributed by atoms with van der Waals surface area (Å²) >= 11 is 13.4. The highest BCUT2D eigenvalue weighted by molar-refractivity contribution is 8.15. The number of amidine groups is 1. The van der Waals surface area contributed by atoms with Gasteiger partial charge < -0.3 is 5.32 Å². The van der Waals surface area contributed by atoms with Crippen molar-refractivity contribution in [3.63, 3.8) is 0 Å². The average molecular weight is 423 g/mol. The van der Waals surface area contributed by atoms with Crippen LogP contribution in [0.1, 0.15) is 11.1 Å². The molecule has 1 saturated heterocycles. The molecule has 2 aromatic carbocycles. The number of non-ortho nitro benzene ring substituents is 1. The van der Waals surface area contributed by atoms with E-state index in [4.69, 9.17) is 23.2 Å². The van der Waals surface area contributed by atoms with E-state index >= 15 is 0 Å². The molecule has 0 radical (unpaired) electrons. The molecule has 1 fully saturated rings. The first-order valence-electron chi connectivity index (χ1n) is 7.70. The third kappa shape index (κ3) is 4.85. The van der Waals surface area contributed by atoms with Crippen molar-refractivity contribution >= 4 is 57.9 Å². The van der Waals surface area contributed by atoms with Crippen molar-refractivity contribution in [3.05, 3.63) is 73.8 Å². The van der Waals surface area contributed by atoms with Crippen LogP contribution in [-0.2, 0) is 11.2 Å². The maximum absolute atomic E-state index is 12.1. The predicted octanol–water partition coefficient (Wildman–Crippen LogP) is 4.07. The van der Waals surface area contributed by atoms with Gasteiger partial charge in [0.15, 0.2) is 5.17 Å². The highest BCUT2D eigenvalue weighted by Gasteiger charge is 2.31. The molecule has 1 aliphatic heterocycles. The maximum atomic E-state index is 12.1. The van der Waals surface area contributed by atoms with Crippen LogP contribution in [0.2, 0.25) is 10.0 Å². The molecule has 1 aliphatic rings. The third-order valence-corrected chi connectivity index (χ3v) is 5.58. The van der Waals surface area contributed by atoms with Crippen LogP contribution >= 0.6 is 35.0 Å². The van der Waals surface area contributed by atoms with E-state index in [1.54, 1.807) is 24.3 Å². The van der Waals surface area contributed by atoms with Gasteiger partial charge in [0, 0.05) is 17.7 Å². The summed E-state index contributed by atoms with van der Waals surface area (Å²) in [5, 5.41) is 22.1. The van der Waals surface area contributed by atoms with Crippen molar-refractivity contribution in [1.82, 2.24) is 5.32 Å². The van der Waals surface area contributed by atoms with Gasteiger partial charge in [-0.05, 0) is 18.1 Å². The smallest absolute Gasteiger partial charge is 0.270 e. The van der Waals surface area contributed by atoms with Gasteiger partial charge in [-0.1, -0.05) is 59.2 Å². The quantitative estimate of drug-likeness (QED) is 0.446. The van der Waals surface area contributed by atoms with E-state index in [0.29, 0.717) is 27.2 Å². The molecule has 0 aromatic heterocycles. The van der Waals surface area contributed by atoms with Crippen LogP contribution in [0.25, 0.3) is 0 Å². The van der Waals surface area contributed by atoms with Gasteiger partial charge in [-0.15, -0.1) is 5.10 Å². The Kier molecular flexibility index (Phi) is 6.10. The Morgan fingerprint density at radius 2 is 2.04 bits per heavy atom. The highest BCUT2D eigenvalue weighted by atomic mass is 35.5. The van der Waals surface area contributed by atoms with Crippen LogP contribution in [0.4, 0.5) is 5.69 Å². The van der Waals surface area contributed by atoms with Crippen LogP contribution in [0, 0.1) is 10.1 Å². The monoisotopic (exact) mass is 422 g/mol. The zero-order chi connectivity index (χ0) is 19.4. The highest BCUT2D eigenvalue weighted by Crippen LogP contribution is 2.30. The number of amides is 1. The number of nitrogens with zero attached hydrogens (tertiary/aromatic N) is 3.